The van der Waals surface area contributed by atoms with Gasteiger partial charge in [0.1, 0.15) is 5.75 Å². The summed E-state index contributed by atoms with van der Waals surface area (Å²) < 4.78 is 5.28. The van der Waals surface area contributed by atoms with Crippen molar-refractivity contribution in [3.63, 3.8) is 0 Å². The zero-order valence-corrected chi connectivity index (χ0v) is 15.6. The number of nitrogens with one attached hydrogen (secondary N) is 1. The normalized spacial score (nSPS) is 16.2. The van der Waals surface area contributed by atoms with Crippen LogP contribution in [-0.2, 0) is 4.79 Å². The third-order valence-electron chi connectivity index (χ3n) is 4.50. The molecule has 8 heteroatoms. The predicted molar refractivity (Wildman–Crippen MR) is 102 cm³/mol. The second kappa shape index (κ2) is 8.33. The van der Waals surface area contributed by atoms with Crippen molar-refractivity contribution in [2.75, 3.05) is 43.5 Å². The highest BCUT2D eigenvalue weighted by molar-refractivity contribution is 6.31. The Hall–Kier alpha value is -2.38. The first kappa shape index (κ1) is 18.4. The molecule has 0 bridgehead atoms. The number of aromatic nitrogens is 2. The molecule has 1 amide bonds. The SMILES string of the molecule is COc1ccc(Cl)cc1NC(=O)[C@H](C)N1CCN(c2ncccn2)CC1. The Morgan fingerprint density at radius 2 is 1.92 bits per heavy atom. The molecule has 0 spiro atoms. The van der Waals surface area contributed by atoms with Gasteiger partial charge in [-0.3, -0.25) is 9.69 Å². The van der Waals surface area contributed by atoms with Gasteiger partial charge in [-0.2, -0.15) is 0 Å². The molecule has 1 aromatic heterocycles. The van der Waals surface area contributed by atoms with E-state index >= 15 is 0 Å². The molecule has 1 atom stereocenters. The van der Waals surface area contributed by atoms with E-state index in [0.29, 0.717) is 16.5 Å². The molecule has 2 heterocycles. The number of halogens is 1. The molecule has 1 saturated heterocycles. The van der Waals surface area contributed by atoms with Crippen molar-refractivity contribution in [1.82, 2.24) is 14.9 Å². The highest BCUT2D eigenvalue weighted by Gasteiger charge is 2.27. The molecule has 138 valence electrons. The Labute approximate surface area is 157 Å². The summed E-state index contributed by atoms with van der Waals surface area (Å²) in [6.07, 6.45) is 3.48. The van der Waals surface area contributed by atoms with Gasteiger partial charge in [0.05, 0.1) is 18.8 Å². The Morgan fingerprint density at radius 3 is 2.58 bits per heavy atom. The molecule has 0 radical (unpaired) electrons. The van der Waals surface area contributed by atoms with Crippen LogP contribution in [0.5, 0.6) is 5.75 Å². The van der Waals surface area contributed by atoms with Crippen molar-refractivity contribution >= 4 is 29.1 Å². The molecule has 1 N–H and O–H groups in total. The number of methoxy groups -OCH3 is 1. The van der Waals surface area contributed by atoms with Gasteiger partial charge in [0.2, 0.25) is 11.9 Å². The van der Waals surface area contributed by atoms with Gasteiger partial charge in [0.25, 0.3) is 0 Å². The lowest BCUT2D eigenvalue weighted by Gasteiger charge is -2.37. The van der Waals surface area contributed by atoms with E-state index in [1.54, 1.807) is 43.8 Å². The summed E-state index contributed by atoms with van der Waals surface area (Å²) >= 11 is 6.03. The van der Waals surface area contributed by atoms with E-state index in [1.165, 1.54) is 0 Å². The molecule has 0 unspecified atom stereocenters. The van der Waals surface area contributed by atoms with Crippen molar-refractivity contribution in [3.8, 4) is 5.75 Å². The summed E-state index contributed by atoms with van der Waals surface area (Å²) in [7, 11) is 1.56. The molecule has 1 aliphatic rings. The lowest BCUT2D eigenvalue weighted by molar-refractivity contribution is -0.120. The average Bonchev–Trinajstić information content (AvgIpc) is 2.68. The third kappa shape index (κ3) is 4.23. The molecule has 26 heavy (non-hydrogen) atoms. The molecule has 2 aromatic rings. The summed E-state index contributed by atoms with van der Waals surface area (Å²) in [6.45, 7) is 4.99. The first-order valence-corrected chi connectivity index (χ1v) is 8.86. The second-order valence-electron chi connectivity index (χ2n) is 6.08. The van der Waals surface area contributed by atoms with Crippen LogP contribution in [0, 0.1) is 0 Å². The van der Waals surface area contributed by atoms with Crippen molar-refractivity contribution in [1.29, 1.82) is 0 Å². The van der Waals surface area contributed by atoms with E-state index in [4.69, 9.17) is 16.3 Å². The minimum Gasteiger partial charge on any atom is -0.495 e. The largest absolute Gasteiger partial charge is 0.495 e. The molecular formula is C18H22ClN5O2. The number of hydrogen-bond donors (Lipinski definition) is 1. The summed E-state index contributed by atoms with van der Waals surface area (Å²) in [5.41, 5.74) is 0.577. The Bertz CT molecular complexity index is 751. The maximum atomic E-state index is 12.7. The fourth-order valence-corrected chi connectivity index (χ4v) is 3.12. The highest BCUT2D eigenvalue weighted by atomic mass is 35.5. The van der Waals surface area contributed by atoms with E-state index in [1.807, 2.05) is 6.92 Å². The minimum absolute atomic E-state index is 0.0880. The molecular weight excluding hydrogens is 354 g/mol. The predicted octanol–water partition coefficient (Wildman–Crippen LogP) is 2.29. The quantitative estimate of drug-likeness (QED) is 0.864. The number of hydrogen-bond acceptors (Lipinski definition) is 6. The maximum absolute atomic E-state index is 12.7. The Kier molecular flexibility index (Phi) is 5.90. The van der Waals surface area contributed by atoms with E-state index in [2.05, 4.69) is 25.1 Å². The van der Waals surface area contributed by atoms with Gasteiger partial charge >= 0.3 is 0 Å². The van der Waals surface area contributed by atoms with E-state index in [0.717, 1.165) is 32.1 Å². The van der Waals surface area contributed by atoms with Gasteiger partial charge in [-0.1, -0.05) is 11.6 Å². The van der Waals surface area contributed by atoms with Gasteiger partial charge in [0, 0.05) is 43.6 Å². The molecule has 0 aliphatic carbocycles. The number of carbonyl (C=O) groups is 1. The lowest BCUT2D eigenvalue weighted by atomic mass is 10.2. The van der Waals surface area contributed by atoms with E-state index in [-0.39, 0.29) is 11.9 Å². The number of carbonyl (C=O) groups excluding carboxylic acids is 1. The van der Waals surface area contributed by atoms with Crippen molar-refractivity contribution in [3.05, 3.63) is 41.7 Å². The average molecular weight is 376 g/mol. The number of rotatable bonds is 5. The number of amides is 1. The summed E-state index contributed by atoms with van der Waals surface area (Å²) in [6, 6.07) is 6.69. The monoisotopic (exact) mass is 375 g/mol. The summed E-state index contributed by atoms with van der Waals surface area (Å²) in [5.74, 6) is 1.23. The maximum Gasteiger partial charge on any atom is 0.241 e. The van der Waals surface area contributed by atoms with Crippen LogP contribution in [0.4, 0.5) is 11.6 Å². The van der Waals surface area contributed by atoms with Gasteiger partial charge in [-0.05, 0) is 31.2 Å². The molecule has 1 aliphatic heterocycles. The van der Waals surface area contributed by atoms with Gasteiger partial charge in [0.15, 0.2) is 0 Å². The van der Waals surface area contributed by atoms with Crippen LogP contribution < -0.4 is 15.0 Å². The zero-order valence-electron chi connectivity index (χ0n) is 14.9. The third-order valence-corrected chi connectivity index (χ3v) is 4.73. The van der Waals surface area contributed by atoms with Crippen LogP contribution in [0.3, 0.4) is 0 Å². The number of piperazine rings is 1. The standard InChI is InChI=1S/C18H22ClN5O2/c1-13(17(25)22-15-12-14(19)4-5-16(15)26-2)23-8-10-24(11-9-23)18-20-6-3-7-21-18/h3-7,12-13H,8-11H2,1-2H3,(H,22,25)/t13-/m0/s1. The van der Waals surface area contributed by atoms with Crippen LogP contribution in [0.15, 0.2) is 36.7 Å². The number of benzene rings is 1. The zero-order chi connectivity index (χ0) is 18.5. The van der Waals surface area contributed by atoms with Gasteiger partial charge < -0.3 is 15.0 Å². The first-order valence-electron chi connectivity index (χ1n) is 8.49. The molecule has 7 nitrogen and oxygen atoms in total. The van der Waals surface area contributed by atoms with Crippen LogP contribution in [0.1, 0.15) is 6.92 Å². The summed E-state index contributed by atoms with van der Waals surface area (Å²) in [5, 5.41) is 3.46. The Morgan fingerprint density at radius 1 is 1.23 bits per heavy atom. The molecule has 3 rings (SSSR count). The number of nitrogens with zero attached hydrogens (tertiary/aromatic N) is 4. The van der Waals surface area contributed by atoms with Gasteiger partial charge in [-0.25, -0.2) is 9.97 Å². The number of ether oxygens (including phenoxy) is 1. The van der Waals surface area contributed by atoms with Crippen molar-refractivity contribution in [2.24, 2.45) is 0 Å². The highest BCUT2D eigenvalue weighted by Crippen LogP contribution is 2.28. The second-order valence-corrected chi connectivity index (χ2v) is 6.52. The summed E-state index contributed by atoms with van der Waals surface area (Å²) in [4.78, 5) is 25.5. The van der Waals surface area contributed by atoms with Crippen molar-refractivity contribution in [2.45, 2.75) is 13.0 Å². The Balaban J connectivity index is 1.59. The molecule has 1 fully saturated rings. The smallest absolute Gasteiger partial charge is 0.241 e. The number of anilines is 2. The van der Waals surface area contributed by atoms with E-state index < -0.39 is 0 Å². The van der Waals surface area contributed by atoms with Crippen molar-refractivity contribution < 1.29 is 9.53 Å². The fourth-order valence-electron chi connectivity index (χ4n) is 2.94. The van der Waals surface area contributed by atoms with E-state index in [9.17, 15) is 4.79 Å². The minimum atomic E-state index is -0.266. The molecule has 1 aromatic carbocycles. The van der Waals surface area contributed by atoms with Crippen LogP contribution >= 0.6 is 11.6 Å². The lowest BCUT2D eigenvalue weighted by Crippen LogP contribution is -2.53. The van der Waals surface area contributed by atoms with Crippen LogP contribution in [-0.4, -0.2) is 60.1 Å². The first-order chi connectivity index (χ1) is 12.6. The van der Waals surface area contributed by atoms with Gasteiger partial charge in [-0.15, -0.1) is 0 Å². The molecule has 0 saturated carbocycles. The van der Waals surface area contributed by atoms with Crippen LogP contribution in [0.25, 0.3) is 0 Å². The van der Waals surface area contributed by atoms with Crippen LogP contribution in [0.2, 0.25) is 5.02 Å². The topological polar surface area (TPSA) is 70.6 Å². The fraction of sp³-hybridized carbons (Fsp3) is 0.389.